The van der Waals surface area contributed by atoms with E-state index in [4.69, 9.17) is 16.7 Å². The van der Waals surface area contributed by atoms with Crippen molar-refractivity contribution < 1.29 is 0 Å². The van der Waals surface area contributed by atoms with Crippen molar-refractivity contribution >= 4 is 40.1 Å². The maximum atomic E-state index is 6.02. The molecule has 0 aliphatic rings. The first-order valence-electron chi connectivity index (χ1n) is 8.33. The molecule has 4 nitrogen and oxygen atoms in total. The second-order valence-corrected chi connectivity index (χ2v) is 7.00. The van der Waals surface area contributed by atoms with Crippen molar-refractivity contribution in [2.24, 2.45) is 10.1 Å². The number of thiazole rings is 1. The van der Waals surface area contributed by atoms with Crippen LogP contribution in [0.3, 0.4) is 0 Å². The van der Waals surface area contributed by atoms with Crippen molar-refractivity contribution in [3.63, 3.8) is 0 Å². The van der Waals surface area contributed by atoms with Crippen LogP contribution in [-0.2, 0) is 0 Å². The topological polar surface area (TPSA) is 45.4 Å². The Morgan fingerprint density at radius 1 is 1.15 bits per heavy atom. The van der Waals surface area contributed by atoms with E-state index in [1.165, 1.54) is 0 Å². The van der Waals surface area contributed by atoms with Crippen LogP contribution in [0.1, 0.15) is 12.5 Å². The summed E-state index contributed by atoms with van der Waals surface area (Å²) >= 11 is 7.60. The van der Waals surface area contributed by atoms with Crippen LogP contribution in [0.5, 0.6) is 0 Å². The van der Waals surface area contributed by atoms with E-state index in [1.54, 1.807) is 11.3 Å². The van der Waals surface area contributed by atoms with Crippen LogP contribution < -0.4 is 4.80 Å². The van der Waals surface area contributed by atoms with Crippen molar-refractivity contribution in [2.45, 2.75) is 6.92 Å². The molecule has 0 aliphatic heterocycles. The van der Waals surface area contributed by atoms with Gasteiger partial charge in [-0.1, -0.05) is 41.9 Å². The Kier molecular flexibility index (Phi) is 4.73. The van der Waals surface area contributed by atoms with Crippen LogP contribution >= 0.6 is 22.9 Å². The molecule has 0 saturated carbocycles. The molecule has 0 unspecified atom stereocenters. The van der Waals surface area contributed by atoms with Gasteiger partial charge in [0.05, 0.1) is 11.9 Å². The third-order valence-electron chi connectivity index (χ3n) is 4.05. The minimum absolute atomic E-state index is 0.711. The summed E-state index contributed by atoms with van der Waals surface area (Å²) < 4.78 is 1.89. The Balaban J connectivity index is 1.81. The number of aromatic nitrogens is 2. The first-order chi connectivity index (χ1) is 12.8. The molecule has 4 aromatic rings. The smallest absolute Gasteiger partial charge is 0.206 e. The zero-order valence-corrected chi connectivity index (χ0v) is 15.8. The minimum Gasteiger partial charge on any atom is -0.361 e. The SMILES string of the molecule is CCN=c1scc(-c2ccc(Cl)cc2)n1N=Cc1c[nH]c2ccccc12. The molecule has 0 fully saturated rings. The van der Waals surface area contributed by atoms with Gasteiger partial charge in [0.2, 0.25) is 4.80 Å². The largest absolute Gasteiger partial charge is 0.361 e. The Bertz CT molecular complexity index is 1130. The summed E-state index contributed by atoms with van der Waals surface area (Å²) in [4.78, 5) is 8.71. The molecular formula is C20H17ClN4S. The van der Waals surface area contributed by atoms with Crippen LogP contribution in [0.25, 0.3) is 22.2 Å². The maximum Gasteiger partial charge on any atom is 0.206 e. The summed E-state index contributed by atoms with van der Waals surface area (Å²) in [5, 5.41) is 8.67. The fraction of sp³-hybridized carbons (Fsp3) is 0.100. The molecule has 0 radical (unpaired) electrons. The molecule has 0 amide bonds. The van der Waals surface area contributed by atoms with Crippen molar-refractivity contribution in [2.75, 3.05) is 6.54 Å². The van der Waals surface area contributed by atoms with Gasteiger partial charge in [-0.05, 0) is 25.1 Å². The van der Waals surface area contributed by atoms with Gasteiger partial charge in [-0.25, -0.2) is 4.68 Å². The second kappa shape index (κ2) is 7.32. The molecule has 2 aromatic carbocycles. The number of hydrogen-bond donors (Lipinski definition) is 1. The van der Waals surface area contributed by atoms with Crippen molar-refractivity contribution in [3.05, 3.63) is 75.5 Å². The standard InChI is InChI=1S/C20H17ClN4S/c1-2-22-20-25(19(13-26-20)14-7-9-16(21)10-8-14)24-12-15-11-23-18-6-4-3-5-17(15)18/h3-13,23H,2H2,1H3. The lowest BCUT2D eigenvalue weighted by molar-refractivity contribution is 0.833. The summed E-state index contributed by atoms with van der Waals surface area (Å²) in [6, 6.07) is 16.0. The number of H-pyrrole nitrogens is 1. The highest BCUT2D eigenvalue weighted by Crippen LogP contribution is 2.22. The lowest BCUT2D eigenvalue weighted by Crippen LogP contribution is -2.12. The number of benzene rings is 2. The molecule has 2 heterocycles. The molecular weight excluding hydrogens is 364 g/mol. The molecule has 1 N–H and O–H groups in total. The minimum atomic E-state index is 0.711. The number of rotatable bonds is 4. The lowest BCUT2D eigenvalue weighted by atomic mass is 10.2. The summed E-state index contributed by atoms with van der Waals surface area (Å²) in [7, 11) is 0. The molecule has 0 atom stereocenters. The predicted molar refractivity (Wildman–Crippen MR) is 110 cm³/mol. The van der Waals surface area contributed by atoms with Crippen LogP contribution in [0.4, 0.5) is 0 Å². The van der Waals surface area contributed by atoms with Crippen molar-refractivity contribution in [3.8, 4) is 11.3 Å². The molecule has 2 aromatic heterocycles. The number of fused-ring (bicyclic) bond motifs is 1. The average molecular weight is 381 g/mol. The number of nitrogens with zero attached hydrogens (tertiary/aromatic N) is 3. The Morgan fingerprint density at radius 2 is 1.96 bits per heavy atom. The van der Waals surface area contributed by atoms with Gasteiger partial charge in [0.1, 0.15) is 0 Å². The maximum absolute atomic E-state index is 6.02. The van der Waals surface area contributed by atoms with E-state index in [1.807, 2.05) is 60.4 Å². The van der Waals surface area contributed by atoms with Crippen LogP contribution in [0, 0.1) is 0 Å². The van der Waals surface area contributed by atoms with Gasteiger partial charge < -0.3 is 4.98 Å². The van der Waals surface area contributed by atoms with Crippen molar-refractivity contribution in [1.29, 1.82) is 0 Å². The molecule has 0 saturated heterocycles. The van der Waals surface area contributed by atoms with E-state index in [0.29, 0.717) is 6.54 Å². The zero-order chi connectivity index (χ0) is 17.9. The average Bonchev–Trinajstić information content (AvgIpc) is 3.25. The number of para-hydroxylation sites is 1. The van der Waals surface area contributed by atoms with Gasteiger partial charge in [-0.15, -0.1) is 11.3 Å². The number of nitrogens with one attached hydrogen (secondary N) is 1. The van der Waals surface area contributed by atoms with Gasteiger partial charge in [0.15, 0.2) is 0 Å². The summed E-state index contributed by atoms with van der Waals surface area (Å²) in [6.45, 7) is 2.73. The van der Waals surface area contributed by atoms with E-state index in [-0.39, 0.29) is 0 Å². The molecule has 0 aliphatic carbocycles. The highest BCUT2D eigenvalue weighted by atomic mass is 35.5. The molecule has 4 rings (SSSR count). The highest BCUT2D eigenvalue weighted by Gasteiger charge is 2.08. The van der Waals surface area contributed by atoms with Crippen LogP contribution in [0.2, 0.25) is 5.02 Å². The summed E-state index contributed by atoms with van der Waals surface area (Å²) in [6.07, 6.45) is 3.85. The summed E-state index contributed by atoms with van der Waals surface area (Å²) in [5.41, 5.74) is 4.19. The van der Waals surface area contributed by atoms with Crippen LogP contribution in [0.15, 0.2) is 70.2 Å². The fourth-order valence-electron chi connectivity index (χ4n) is 2.79. The zero-order valence-electron chi connectivity index (χ0n) is 14.2. The van der Waals surface area contributed by atoms with E-state index in [9.17, 15) is 0 Å². The van der Waals surface area contributed by atoms with E-state index in [2.05, 4.69) is 27.5 Å². The third-order valence-corrected chi connectivity index (χ3v) is 5.16. The highest BCUT2D eigenvalue weighted by molar-refractivity contribution is 7.07. The third kappa shape index (κ3) is 3.23. The van der Waals surface area contributed by atoms with E-state index >= 15 is 0 Å². The molecule has 130 valence electrons. The molecule has 0 spiro atoms. The number of hydrogen-bond acceptors (Lipinski definition) is 3. The number of halogens is 1. The molecule has 0 bridgehead atoms. The van der Waals surface area contributed by atoms with Gasteiger partial charge in [0.25, 0.3) is 0 Å². The normalized spacial score (nSPS) is 12.5. The molecule has 6 heteroatoms. The lowest BCUT2D eigenvalue weighted by Gasteiger charge is -2.03. The Hall–Kier alpha value is -2.63. The van der Waals surface area contributed by atoms with Crippen molar-refractivity contribution in [1.82, 2.24) is 9.66 Å². The fourth-order valence-corrected chi connectivity index (χ4v) is 3.82. The quantitative estimate of drug-likeness (QED) is 0.476. The second-order valence-electron chi connectivity index (χ2n) is 5.73. The van der Waals surface area contributed by atoms with E-state index in [0.717, 1.165) is 37.5 Å². The summed E-state index contributed by atoms with van der Waals surface area (Å²) in [5.74, 6) is 0. The first-order valence-corrected chi connectivity index (χ1v) is 9.59. The van der Waals surface area contributed by atoms with Gasteiger partial charge in [0, 0.05) is 45.2 Å². The predicted octanol–water partition coefficient (Wildman–Crippen LogP) is 5.15. The number of aromatic amines is 1. The molecule has 26 heavy (non-hydrogen) atoms. The van der Waals surface area contributed by atoms with E-state index < -0.39 is 0 Å². The van der Waals surface area contributed by atoms with Gasteiger partial charge in [-0.3, -0.25) is 4.99 Å². The monoisotopic (exact) mass is 380 g/mol. The van der Waals surface area contributed by atoms with Gasteiger partial charge >= 0.3 is 0 Å². The Morgan fingerprint density at radius 3 is 2.77 bits per heavy atom. The Labute approximate surface area is 160 Å². The van der Waals surface area contributed by atoms with Gasteiger partial charge in [-0.2, -0.15) is 5.10 Å². The first kappa shape index (κ1) is 16.8. The van der Waals surface area contributed by atoms with Crippen LogP contribution in [-0.4, -0.2) is 22.4 Å².